The predicted molar refractivity (Wildman–Crippen MR) is 117 cm³/mol. The van der Waals surface area contributed by atoms with Crippen molar-refractivity contribution in [3.05, 3.63) is 16.0 Å². The predicted octanol–water partition coefficient (Wildman–Crippen LogP) is 4.64. The van der Waals surface area contributed by atoms with Crippen molar-refractivity contribution in [3.8, 4) is 6.07 Å². The van der Waals surface area contributed by atoms with E-state index in [0.29, 0.717) is 10.6 Å². The molecule has 1 aromatic heterocycles. The molecule has 1 aliphatic carbocycles. The number of amides is 1. The van der Waals surface area contributed by atoms with Crippen LogP contribution in [0.25, 0.3) is 0 Å². The minimum Gasteiger partial charge on any atom is -0.339 e. The maximum Gasteiger partial charge on any atom is 0.228 e. The number of anilines is 1. The minimum atomic E-state index is -1.82. The number of aryl methyl sites for hydroxylation is 1. The molecule has 1 heterocycles. The van der Waals surface area contributed by atoms with Crippen molar-refractivity contribution in [3.63, 3.8) is 0 Å². The minimum absolute atomic E-state index is 0.163. The monoisotopic (exact) mass is 466 g/mol. The Morgan fingerprint density at radius 3 is 2.41 bits per heavy atom. The van der Waals surface area contributed by atoms with Gasteiger partial charge in [0.15, 0.2) is 5.11 Å². The number of nitrogens with one attached hydrogen (secondary N) is 3. The van der Waals surface area contributed by atoms with E-state index in [-0.39, 0.29) is 11.0 Å². The summed E-state index contributed by atoms with van der Waals surface area (Å²) in [6.07, 6.45) is 3.03. The summed E-state index contributed by atoms with van der Waals surface area (Å²) < 4.78 is -1.82. The van der Waals surface area contributed by atoms with Crippen LogP contribution in [-0.2, 0) is 17.6 Å². The molecule has 0 fully saturated rings. The van der Waals surface area contributed by atoms with Crippen molar-refractivity contribution < 1.29 is 4.79 Å². The molecular weight excluding hydrogens is 447 g/mol. The SMILES string of the molecule is CC(C)(C)C(=O)N[C@@H](NC(=S)Nc1sc2c(c1C#N)CCCC2)C(Cl)(Cl)Cl. The van der Waals surface area contributed by atoms with Crippen LogP contribution in [0.15, 0.2) is 0 Å². The van der Waals surface area contributed by atoms with Crippen molar-refractivity contribution in [1.82, 2.24) is 10.6 Å². The van der Waals surface area contributed by atoms with Crippen LogP contribution in [0.4, 0.5) is 5.00 Å². The molecule has 27 heavy (non-hydrogen) atoms. The smallest absolute Gasteiger partial charge is 0.228 e. The third kappa shape index (κ3) is 5.85. The van der Waals surface area contributed by atoms with Crippen molar-refractivity contribution in [2.45, 2.75) is 56.4 Å². The lowest BCUT2D eigenvalue weighted by Crippen LogP contribution is -2.58. The van der Waals surface area contributed by atoms with Gasteiger partial charge in [0.2, 0.25) is 9.70 Å². The van der Waals surface area contributed by atoms with Crippen molar-refractivity contribution in [2.24, 2.45) is 5.41 Å². The fourth-order valence-electron chi connectivity index (χ4n) is 2.59. The molecule has 1 aliphatic rings. The number of thiocarbonyl (C=S) groups is 1. The van der Waals surface area contributed by atoms with Gasteiger partial charge in [0.25, 0.3) is 0 Å². The Hall–Kier alpha value is -0.780. The zero-order chi connectivity index (χ0) is 20.4. The Morgan fingerprint density at radius 1 is 1.22 bits per heavy atom. The lowest BCUT2D eigenvalue weighted by Gasteiger charge is -2.30. The van der Waals surface area contributed by atoms with E-state index in [1.807, 2.05) is 0 Å². The maximum atomic E-state index is 12.3. The molecule has 0 unspecified atom stereocenters. The summed E-state index contributed by atoms with van der Waals surface area (Å²) in [5, 5.41) is 18.9. The van der Waals surface area contributed by atoms with E-state index in [9.17, 15) is 10.1 Å². The number of fused-ring (bicyclic) bond motifs is 1. The van der Waals surface area contributed by atoms with Gasteiger partial charge in [0, 0.05) is 10.3 Å². The largest absolute Gasteiger partial charge is 0.339 e. The molecule has 3 N–H and O–H groups in total. The first kappa shape index (κ1) is 22.5. The van der Waals surface area contributed by atoms with Crippen LogP contribution >= 0.6 is 58.4 Å². The van der Waals surface area contributed by atoms with Gasteiger partial charge in [-0.05, 0) is 43.5 Å². The quantitative estimate of drug-likeness (QED) is 0.343. The summed E-state index contributed by atoms with van der Waals surface area (Å²) in [4.78, 5) is 13.5. The maximum absolute atomic E-state index is 12.3. The van der Waals surface area contributed by atoms with Gasteiger partial charge >= 0.3 is 0 Å². The highest BCUT2D eigenvalue weighted by Gasteiger charge is 2.37. The van der Waals surface area contributed by atoms with Gasteiger partial charge in [-0.3, -0.25) is 4.79 Å². The molecule has 1 amide bonds. The number of hydrogen-bond donors (Lipinski definition) is 3. The van der Waals surface area contributed by atoms with Gasteiger partial charge in [0.1, 0.15) is 17.2 Å². The van der Waals surface area contributed by atoms with E-state index in [2.05, 4.69) is 22.0 Å². The highest BCUT2D eigenvalue weighted by Crippen LogP contribution is 2.37. The molecule has 1 aromatic rings. The first-order valence-corrected chi connectivity index (χ1v) is 10.8. The van der Waals surface area contributed by atoms with Crippen molar-refractivity contribution in [1.29, 1.82) is 5.26 Å². The Labute approximate surface area is 183 Å². The molecule has 10 heteroatoms. The number of alkyl halides is 3. The fraction of sp³-hybridized carbons (Fsp3) is 0.588. The average molecular weight is 468 g/mol. The van der Waals surface area contributed by atoms with E-state index in [4.69, 9.17) is 47.0 Å². The van der Waals surface area contributed by atoms with Crippen molar-refractivity contribution in [2.75, 3.05) is 5.32 Å². The number of hydrogen-bond acceptors (Lipinski definition) is 4. The van der Waals surface area contributed by atoms with Gasteiger partial charge in [-0.2, -0.15) is 5.26 Å². The Bertz CT molecular complexity index is 775. The fourth-order valence-corrected chi connectivity index (χ4v) is 4.45. The first-order valence-electron chi connectivity index (χ1n) is 8.43. The zero-order valence-corrected chi connectivity index (χ0v) is 19.1. The summed E-state index contributed by atoms with van der Waals surface area (Å²) in [7, 11) is 0. The van der Waals surface area contributed by atoms with E-state index >= 15 is 0 Å². The number of carbonyl (C=O) groups is 1. The molecular formula is C17H21Cl3N4OS2. The van der Waals surface area contributed by atoms with Crippen LogP contribution in [0.3, 0.4) is 0 Å². The van der Waals surface area contributed by atoms with Crippen LogP contribution in [0.1, 0.15) is 49.6 Å². The number of thiophene rings is 1. The summed E-state index contributed by atoms with van der Waals surface area (Å²) >= 11 is 24.8. The van der Waals surface area contributed by atoms with Crippen molar-refractivity contribution >= 4 is 74.4 Å². The van der Waals surface area contributed by atoms with Gasteiger partial charge < -0.3 is 16.0 Å². The molecule has 2 rings (SSSR count). The molecule has 148 valence electrons. The number of rotatable bonds is 3. The molecule has 0 spiro atoms. The second kappa shape index (κ2) is 8.71. The van der Waals surface area contributed by atoms with Crippen LogP contribution < -0.4 is 16.0 Å². The van der Waals surface area contributed by atoms with Crippen LogP contribution in [0.5, 0.6) is 0 Å². The van der Waals surface area contributed by atoms with E-state index < -0.39 is 15.4 Å². The Balaban J connectivity index is 2.14. The van der Waals surface area contributed by atoms with Gasteiger partial charge in [-0.15, -0.1) is 11.3 Å². The highest BCUT2D eigenvalue weighted by atomic mass is 35.6. The van der Waals surface area contributed by atoms with E-state index in [1.54, 1.807) is 20.8 Å². The highest BCUT2D eigenvalue weighted by molar-refractivity contribution is 7.80. The number of nitrogens with zero attached hydrogens (tertiary/aromatic N) is 1. The lowest BCUT2D eigenvalue weighted by molar-refractivity contribution is -0.129. The second-order valence-electron chi connectivity index (χ2n) is 7.32. The average Bonchev–Trinajstić information content (AvgIpc) is 2.89. The summed E-state index contributed by atoms with van der Waals surface area (Å²) in [6.45, 7) is 5.26. The Kier molecular flexibility index (Phi) is 7.26. The molecule has 5 nitrogen and oxygen atoms in total. The zero-order valence-electron chi connectivity index (χ0n) is 15.2. The van der Waals surface area contributed by atoms with Gasteiger partial charge in [0.05, 0.1) is 5.56 Å². The molecule has 1 atom stereocenters. The van der Waals surface area contributed by atoms with E-state index in [1.165, 1.54) is 16.2 Å². The molecule has 0 aliphatic heterocycles. The van der Waals surface area contributed by atoms with Crippen LogP contribution in [0, 0.1) is 16.7 Å². The first-order chi connectivity index (χ1) is 12.4. The topological polar surface area (TPSA) is 77.0 Å². The lowest BCUT2D eigenvalue weighted by atomic mass is 9.95. The summed E-state index contributed by atoms with van der Waals surface area (Å²) in [5.74, 6) is -0.293. The molecule has 0 radical (unpaired) electrons. The summed E-state index contributed by atoms with van der Waals surface area (Å²) in [5.41, 5.74) is 1.05. The summed E-state index contributed by atoms with van der Waals surface area (Å²) in [6, 6.07) is 2.26. The normalized spacial score (nSPS) is 15.3. The standard InChI is InChI=1S/C17H21Cl3N4OS2/c1-16(2,3)14(25)23-13(17(18,19)20)24-15(26)22-12-10(8-21)9-6-4-5-7-11(9)27-12/h13H,4-7H2,1-3H3,(H,23,25)(H2,22,24,26)/t13-/m0/s1. The van der Waals surface area contributed by atoms with Crippen LogP contribution in [-0.4, -0.2) is 21.0 Å². The number of halogens is 3. The number of nitriles is 1. The number of carbonyl (C=O) groups excluding carboxylic acids is 1. The second-order valence-corrected chi connectivity index (χ2v) is 11.2. The third-order valence-electron chi connectivity index (χ3n) is 4.07. The third-order valence-corrected chi connectivity index (χ3v) is 6.15. The molecule has 0 bridgehead atoms. The molecule has 0 aromatic carbocycles. The van der Waals surface area contributed by atoms with E-state index in [0.717, 1.165) is 31.2 Å². The Morgan fingerprint density at radius 2 is 1.85 bits per heavy atom. The van der Waals surface area contributed by atoms with Crippen LogP contribution in [0.2, 0.25) is 0 Å². The molecule has 0 saturated heterocycles. The van der Waals surface area contributed by atoms with Gasteiger partial charge in [-0.25, -0.2) is 0 Å². The molecule has 0 saturated carbocycles. The van der Waals surface area contributed by atoms with Gasteiger partial charge in [-0.1, -0.05) is 55.6 Å².